The number of hydrogen-bond acceptors (Lipinski definition) is 4. The summed E-state index contributed by atoms with van der Waals surface area (Å²) >= 11 is 0. The molecule has 0 saturated carbocycles. The second-order valence-electron chi connectivity index (χ2n) is 3.18. The van der Waals surface area contributed by atoms with Crippen molar-refractivity contribution in [2.45, 2.75) is 12.5 Å². The third kappa shape index (κ3) is 2.60. The maximum absolute atomic E-state index is 10.7. The topological polar surface area (TPSA) is 98.6 Å². The van der Waals surface area contributed by atoms with E-state index < -0.39 is 11.9 Å². The number of methoxy groups -OCH3 is 1. The van der Waals surface area contributed by atoms with Gasteiger partial charge in [-0.25, -0.2) is 0 Å². The highest BCUT2D eigenvalue weighted by atomic mass is 16.5. The fourth-order valence-electron chi connectivity index (χ4n) is 1.33. The first-order valence-corrected chi connectivity index (χ1v) is 4.46. The quantitative estimate of drug-likeness (QED) is 0.664. The highest BCUT2D eigenvalue weighted by molar-refractivity contribution is 5.75. The molecule has 15 heavy (non-hydrogen) atoms. The Bertz CT molecular complexity index is 366. The van der Waals surface area contributed by atoms with Gasteiger partial charge in [-0.05, 0) is 6.07 Å². The summed E-state index contributed by atoms with van der Waals surface area (Å²) in [5, 5.41) is 9.71. The van der Waals surface area contributed by atoms with Gasteiger partial charge >= 0.3 is 0 Å². The Hall–Kier alpha value is -1.75. The van der Waals surface area contributed by atoms with Crippen molar-refractivity contribution in [1.29, 1.82) is 0 Å². The van der Waals surface area contributed by atoms with Gasteiger partial charge in [0.05, 0.1) is 7.11 Å². The van der Waals surface area contributed by atoms with Crippen molar-refractivity contribution in [2.24, 2.45) is 11.5 Å². The molecule has 5 heteroatoms. The van der Waals surface area contributed by atoms with Gasteiger partial charge in [0.15, 0.2) is 11.5 Å². The van der Waals surface area contributed by atoms with E-state index in [9.17, 15) is 9.90 Å². The number of primary amides is 1. The number of rotatable bonds is 4. The number of hydrogen-bond donors (Lipinski definition) is 3. The molecule has 1 amide bonds. The monoisotopic (exact) mass is 210 g/mol. The van der Waals surface area contributed by atoms with Crippen molar-refractivity contribution in [2.75, 3.05) is 7.11 Å². The zero-order valence-electron chi connectivity index (χ0n) is 8.43. The number of benzene rings is 1. The number of phenolic OH excluding ortho intramolecular Hbond substituents is 1. The number of carbonyl (C=O) groups excluding carboxylic acids is 1. The minimum atomic E-state index is -0.613. The first-order valence-electron chi connectivity index (χ1n) is 4.46. The van der Waals surface area contributed by atoms with Crippen molar-refractivity contribution < 1.29 is 14.6 Å². The Morgan fingerprint density at radius 3 is 2.80 bits per heavy atom. The predicted octanol–water partition coefficient (Wildman–Crippen LogP) is 0.276. The largest absolute Gasteiger partial charge is 0.504 e. The van der Waals surface area contributed by atoms with Crippen molar-refractivity contribution >= 4 is 5.91 Å². The molecule has 1 aromatic rings. The van der Waals surface area contributed by atoms with E-state index in [-0.39, 0.29) is 12.2 Å². The van der Waals surface area contributed by atoms with Crippen LogP contribution in [0.3, 0.4) is 0 Å². The zero-order valence-corrected chi connectivity index (χ0v) is 8.43. The molecule has 5 N–H and O–H groups in total. The molecular formula is C10H14N2O3. The minimum absolute atomic E-state index is 0.0132. The molecule has 0 spiro atoms. The molecule has 1 rings (SSSR count). The van der Waals surface area contributed by atoms with Crippen LogP contribution >= 0.6 is 0 Å². The summed E-state index contributed by atoms with van der Waals surface area (Å²) in [6, 6.07) is 4.31. The number of aromatic hydroxyl groups is 1. The van der Waals surface area contributed by atoms with E-state index in [1.165, 1.54) is 7.11 Å². The predicted molar refractivity (Wildman–Crippen MR) is 55.4 cm³/mol. The van der Waals surface area contributed by atoms with Gasteiger partial charge in [-0.3, -0.25) is 4.79 Å². The van der Waals surface area contributed by atoms with E-state index in [4.69, 9.17) is 16.2 Å². The van der Waals surface area contributed by atoms with Crippen LogP contribution in [0.4, 0.5) is 0 Å². The van der Waals surface area contributed by atoms with Gasteiger partial charge in [-0.15, -0.1) is 0 Å². The summed E-state index contributed by atoms with van der Waals surface area (Å²) in [5.74, 6) is -0.231. The van der Waals surface area contributed by atoms with E-state index in [1.54, 1.807) is 18.2 Å². The van der Waals surface area contributed by atoms with E-state index in [1.807, 2.05) is 0 Å². The van der Waals surface area contributed by atoms with Gasteiger partial charge in [0, 0.05) is 18.0 Å². The molecule has 0 heterocycles. The van der Waals surface area contributed by atoms with Crippen molar-refractivity contribution in [1.82, 2.24) is 0 Å². The number of nitrogens with two attached hydrogens (primary N) is 2. The molecule has 1 unspecified atom stereocenters. The molecule has 82 valence electrons. The molecule has 0 aliphatic carbocycles. The summed E-state index contributed by atoms with van der Waals surface area (Å²) < 4.78 is 4.92. The van der Waals surface area contributed by atoms with Gasteiger partial charge in [0.2, 0.25) is 5.91 Å². The molecule has 0 bridgehead atoms. The lowest BCUT2D eigenvalue weighted by molar-refractivity contribution is -0.118. The van der Waals surface area contributed by atoms with Gasteiger partial charge in [0.25, 0.3) is 0 Å². The Morgan fingerprint density at radius 1 is 1.60 bits per heavy atom. The molecule has 5 nitrogen and oxygen atoms in total. The number of para-hydroxylation sites is 1. The Balaban J connectivity index is 2.98. The molecular weight excluding hydrogens is 196 g/mol. The lowest BCUT2D eigenvalue weighted by atomic mass is 10.0. The third-order valence-electron chi connectivity index (χ3n) is 2.07. The van der Waals surface area contributed by atoms with Gasteiger partial charge in [-0.1, -0.05) is 12.1 Å². The fourth-order valence-corrected chi connectivity index (χ4v) is 1.33. The summed E-state index contributed by atoms with van der Waals surface area (Å²) in [4.78, 5) is 10.7. The molecule has 1 aromatic carbocycles. The lowest BCUT2D eigenvalue weighted by Gasteiger charge is -2.13. The molecule has 0 aliphatic rings. The van der Waals surface area contributed by atoms with Crippen LogP contribution in [-0.4, -0.2) is 18.1 Å². The lowest BCUT2D eigenvalue weighted by Crippen LogP contribution is -2.20. The molecule has 0 aliphatic heterocycles. The van der Waals surface area contributed by atoms with Crippen molar-refractivity contribution in [3.05, 3.63) is 23.8 Å². The second-order valence-corrected chi connectivity index (χ2v) is 3.18. The maximum atomic E-state index is 10.7. The zero-order chi connectivity index (χ0) is 11.4. The van der Waals surface area contributed by atoms with Crippen LogP contribution in [0.15, 0.2) is 18.2 Å². The SMILES string of the molecule is COc1cccc(C(N)CC(N)=O)c1O. The van der Waals surface area contributed by atoms with E-state index in [0.29, 0.717) is 11.3 Å². The standard InChI is InChI=1S/C10H14N2O3/c1-15-8-4-2-3-6(10(8)14)7(11)5-9(12)13/h2-4,7,14H,5,11H2,1H3,(H2,12,13). The average Bonchev–Trinajstić information content (AvgIpc) is 2.17. The molecule has 0 aromatic heterocycles. The highest BCUT2D eigenvalue weighted by Gasteiger charge is 2.15. The Kier molecular flexibility index (Phi) is 3.51. The highest BCUT2D eigenvalue weighted by Crippen LogP contribution is 2.33. The average molecular weight is 210 g/mol. The first-order chi connectivity index (χ1) is 7.06. The van der Waals surface area contributed by atoms with Gasteiger partial charge in [-0.2, -0.15) is 0 Å². The third-order valence-corrected chi connectivity index (χ3v) is 2.07. The summed E-state index contributed by atoms with van der Waals surface area (Å²) in [6.07, 6.45) is -0.0132. The van der Waals surface area contributed by atoms with E-state index in [2.05, 4.69) is 0 Å². The fraction of sp³-hybridized carbons (Fsp3) is 0.300. The van der Waals surface area contributed by atoms with Crippen LogP contribution in [0, 0.1) is 0 Å². The second kappa shape index (κ2) is 4.65. The van der Waals surface area contributed by atoms with E-state index in [0.717, 1.165) is 0 Å². The van der Waals surface area contributed by atoms with Crippen molar-refractivity contribution in [3.63, 3.8) is 0 Å². The van der Waals surface area contributed by atoms with Crippen molar-refractivity contribution in [3.8, 4) is 11.5 Å². The van der Waals surface area contributed by atoms with Crippen LogP contribution in [0.25, 0.3) is 0 Å². The first kappa shape index (κ1) is 11.3. The van der Waals surface area contributed by atoms with Crippen LogP contribution in [-0.2, 0) is 4.79 Å². The molecule has 0 radical (unpaired) electrons. The van der Waals surface area contributed by atoms with Crippen LogP contribution < -0.4 is 16.2 Å². The van der Waals surface area contributed by atoms with Crippen LogP contribution in [0.5, 0.6) is 11.5 Å². The molecule has 0 saturated heterocycles. The number of phenols is 1. The summed E-state index contributed by atoms with van der Waals surface area (Å²) in [5.41, 5.74) is 11.2. The van der Waals surface area contributed by atoms with Gasteiger partial charge < -0.3 is 21.3 Å². The Labute approximate surface area is 87.6 Å². The number of carbonyl (C=O) groups is 1. The number of amides is 1. The Morgan fingerprint density at radius 2 is 2.27 bits per heavy atom. The number of ether oxygens (including phenoxy) is 1. The van der Waals surface area contributed by atoms with Gasteiger partial charge in [0.1, 0.15) is 0 Å². The maximum Gasteiger partial charge on any atom is 0.219 e. The van der Waals surface area contributed by atoms with Crippen LogP contribution in [0.1, 0.15) is 18.0 Å². The molecule has 0 fully saturated rings. The normalized spacial score (nSPS) is 12.1. The summed E-state index contributed by atoms with van der Waals surface area (Å²) in [6.45, 7) is 0. The minimum Gasteiger partial charge on any atom is -0.504 e. The smallest absolute Gasteiger partial charge is 0.219 e. The van der Waals surface area contributed by atoms with Crippen LogP contribution in [0.2, 0.25) is 0 Å². The summed E-state index contributed by atoms with van der Waals surface area (Å²) in [7, 11) is 1.44. The van der Waals surface area contributed by atoms with E-state index >= 15 is 0 Å². The molecule has 1 atom stereocenters.